The molecule has 0 saturated heterocycles. The molecule has 0 unspecified atom stereocenters. The predicted molar refractivity (Wildman–Crippen MR) is 73.4 cm³/mol. The zero-order chi connectivity index (χ0) is 13.3. The van der Waals surface area contributed by atoms with Gasteiger partial charge in [0.15, 0.2) is 5.82 Å². The van der Waals surface area contributed by atoms with Crippen LogP contribution >= 0.6 is 22.6 Å². The van der Waals surface area contributed by atoms with Crippen LogP contribution in [0.15, 0.2) is 15.5 Å². The first-order valence-corrected chi connectivity index (χ1v) is 6.61. The second kappa shape index (κ2) is 5.17. The molecule has 0 fully saturated rings. The molecule has 0 aromatic carbocycles. The third-order valence-electron chi connectivity index (χ3n) is 2.48. The topological polar surface area (TPSA) is 73.8 Å². The van der Waals surface area contributed by atoms with Crippen LogP contribution in [0.4, 0.5) is 0 Å². The molecule has 0 radical (unpaired) electrons. The van der Waals surface area contributed by atoms with Crippen molar-refractivity contribution >= 4 is 22.6 Å². The van der Waals surface area contributed by atoms with E-state index in [-0.39, 0.29) is 18.0 Å². The lowest BCUT2D eigenvalue weighted by molar-refractivity contribution is 0.359. The molecular formula is C11H13IN4O2. The minimum absolute atomic E-state index is 0.0843. The number of aryl methyl sites for hydroxylation is 1. The molecule has 0 aliphatic carbocycles. The molecule has 2 aromatic rings. The Morgan fingerprint density at radius 2 is 2.22 bits per heavy atom. The fraction of sp³-hybridized carbons (Fsp3) is 0.455. The molecule has 2 rings (SSSR count). The Balaban J connectivity index is 2.34. The first-order valence-electron chi connectivity index (χ1n) is 5.53. The van der Waals surface area contributed by atoms with Gasteiger partial charge in [-0.2, -0.15) is 4.98 Å². The standard InChI is InChI=1S/C11H13IN4O2/c1-6(2)10-14-9(15-18-10)5-16-7(3)13-4-8(12)11(16)17/h4,6H,5H2,1-3H3. The van der Waals surface area contributed by atoms with Crippen LogP contribution in [0, 0.1) is 10.5 Å². The second-order valence-corrected chi connectivity index (χ2v) is 5.41. The maximum absolute atomic E-state index is 12.0. The maximum Gasteiger partial charge on any atom is 0.267 e. The van der Waals surface area contributed by atoms with Gasteiger partial charge in [-0.3, -0.25) is 9.36 Å². The zero-order valence-corrected chi connectivity index (χ0v) is 12.5. The minimum Gasteiger partial charge on any atom is -0.339 e. The van der Waals surface area contributed by atoms with E-state index in [9.17, 15) is 4.79 Å². The smallest absolute Gasteiger partial charge is 0.267 e. The third kappa shape index (κ3) is 2.60. The van der Waals surface area contributed by atoms with Gasteiger partial charge in [-0.25, -0.2) is 4.98 Å². The Bertz CT molecular complexity index is 618. The Hall–Kier alpha value is -1.25. The quantitative estimate of drug-likeness (QED) is 0.780. The van der Waals surface area contributed by atoms with E-state index in [1.165, 1.54) is 4.57 Å². The Morgan fingerprint density at radius 1 is 1.50 bits per heavy atom. The van der Waals surface area contributed by atoms with Gasteiger partial charge in [0, 0.05) is 12.1 Å². The molecule has 2 aromatic heterocycles. The van der Waals surface area contributed by atoms with E-state index >= 15 is 0 Å². The molecule has 0 N–H and O–H groups in total. The van der Waals surface area contributed by atoms with Crippen LogP contribution in [0.1, 0.15) is 37.3 Å². The summed E-state index contributed by atoms with van der Waals surface area (Å²) in [6.45, 7) is 6.01. The van der Waals surface area contributed by atoms with Gasteiger partial charge in [0.1, 0.15) is 5.82 Å². The molecule has 96 valence electrons. The van der Waals surface area contributed by atoms with E-state index in [0.717, 1.165) is 0 Å². The van der Waals surface area contributed by atoms with Gasteiger partial charge in [0.2, 0.25) is 5.89 Å². The van der Waals surface area contributed by atoms with Crippen molar-refractivity contribution in [3.63, 3.8) is 0 Å². The summed E-state index contributed by atoms with van der Waals surface area (Å²) in [6.07, 6.45) is 1.56. The van der Waals surface area contributed by atoms with Crippen LogP contribution in [0.25, 0.3) is 0 Å². The van der Waals surface area contributed by atoms with Crippen LogP contribution in [-0.2, 0) is 6.54 Å². The number of halogens is 1. The van der Waals surface area contributed by atoms with Gasteiger partial charge in [0.05, 0.1) is 10.1 Å². The Kier molecular flexibility index (Phi) is 3.79. The van der Waals surface area contributed by atoms with E-state index in [1.807, 2.05) is 36.4 Å². The van der Waals surface area contributed by atoms with Crippen LogP contribution in [0.2, 0.25) is 0 Å². The van der Waals surface area contributed by atoms with Gasteiger partial charge in [-0.1, -0.05) is 19.0 Å². The van der Waals surface area contributed by atoms with E-state index in [1.54, 1.807) is 13.1 Å². The second-order valence-electron chi connectivity index (χ2n) is 4.25. The number of rotatable bonds is 3. The SMILES string of the molecule is Cc1ncc(I)c(=O)n1Cc1noc(C(C)C)n1. The summed E-state index contributed by atoms with van der Waals surface area (Å²) in [5, 5.41) is 3.87. The maximum atomic E-state index is 12.0. The average Bonchev–Trinajstić information content (AvgIpc) is 2.78. The first-order chi connectivity index (χ1) is 8.49. The lowest BCUT2D eigenvalue weighted by Gasteiger charge is -2.06. The lowest BCUT2D eigenvalue weighted by atomic mass is 10.2. The average molecular weight is 360 g/mol. The molecule has 0 amide bonds. The molecule has 0 spiro atoms. The normalized spacial score (nSPS) is 11.2. The van der Waals surface area contributed by atoms with Crippen molar-refractivity contribution in [2.45, 2.75) is 33.2 Å². The fourth-order valence-electron chi connectivity index (χ4n) is 1.44. The van der Waals surface area contributed by atoms with Crippen molar-refractivity contribution in [2.75, 3.05) is 0 Å². The highest BCUT2D eigenvalue weighted by Crippen LogP contribution is 2.11. The molecule has 0 bridgehead atoms. The van der Waals surface area contributed by atoms with Crippen molar-refractivity contribution in [2.24, 2.45) is 0 Å². The van der Waals surface area contributed by atoms with E-state index in [0.29, 0.717) is 21.1 Å². The Morgan fingerprint density at radius 3 is 2.83 bits per heavy atom. The van der Waals surface area contributed by atoms with Gasteiger partial charge in [-0.15, -0.1) is 0 Å². The summed E-state index contributed by atoms with van der Waals surface area (Å²) in [5.74, 6) is 1.89. The van der Waals surface area contributed by atoms with Crippen molar-refractivity contribution < 1.29 is 4.52 Å². The number of nitrogens with zero attached hydrogens (tertiary/aromatic N) is 4. The molecule has 0 aliphatic rings. The van der Waals surface area contributed by atoms with Gasteiger partial charge in [0.25, 0.3) is 5.56 Å². The molecule has 18 heavy (non-hydrogen) atoms. The summed E-state index contributed by atoms with van der Waals surface area (Å²) in [5.41, 5.74) is -0.0843. The lowest BCUT2D eigenvalue weighted by Crippen LogP contribution is -2.26. The molecule has 0 atom stereocenters. The van der Waals surface area contributed by atoms with Gasteiger partial charge in [-0.05, 0) is 29.5 Å². The summed E-state index contributed by atoms with van der Waals surface area (Å²) in [7, 11) is 0. The molecular weight excluding hydrogens is 347 g/mol. The monoisotopic (exact) mass is 360 g/mol. The molecule has 0 aliphatic heterocycles. The van der Waals surface area contributed by atoms with Crippen molar-refractivity contribution in [1.82, 2.24) is 19.7 Å². The largest absolute Gasteiger partial charge is 0.339 e. The minimum atomic E-state index is -0.0843. The van der Waals surface area contributed by atoms with Crippen LogP contribution in [0.5, 0.6) is 0 Å². The molecule has 6 nitrogen and oxygen atoms in total. The number of hydrogen-bond acceptors (Lipinski definition) is 5. The van der Waals surface area contributed by atoms with E-state index in [2.05, 4.69) is 15.1 Å². The number of aromatic nitrogens is 4. The van der Waals surface area contributed by atoms with Gasteiger partial charge >= 0.3 is 0 Å². The van der Waals surface area contributed by atoms with Crippen molar-refractivity contribution in [3.05, 3.63) is 37.7 Å². The summed E-state index contributed by atoms with van der Waals surface area (Å²) < 4.78 is 7.22. The van der Waals surface area contributed by atoms with E-state index < -0.39 is 0 Å². The summed E-state index contributed by atoms with van der Waals surface area (Å²) in [6, 6.07) is 0. The van der Waals surface area contributed by atoms with Crippen LogP contribution < -0.4 is 5.56 Å². The van der Waals surface area contributed by atoms with Crippen LogP contribution in [0.3, 0.4) is 0 Å². The molecule has 7 heteroatoms. The van der Waals surface area contributed by atoms with E-state index in [4.69, 9.17) is 4.52 Å². The van der Waals surface area contributed by atoms with Crippen LogP contribution in [-0.4, -0.2) is 19.7 Å². The summed E-state index contributed by atoms with van der Waals surface area (Å²) >= 11 is 1.97. The third-order valence-corrected chi connectivity index (χ3v) is 3.22. The fourth-order valence-corrected chi connectivity index (χ4v) is 1.88. The Labute approximate surface area is 118 Å². The van der Waals surface area contributed by atoms with Gasteiger partial charge < -0.3 is 4.52 Å². The first kappa shape index (κ1) is 13.2. The number of hydrogen-bond donors (Lipinski definition) is 0. The van der Waals surface area contributed by atoms with Crippen molar-refractivity contribution in [3.8, 4) is 0 Å². The highest BCUT2D eigenvalue weighted by atomic mass is 127. The highest BCUT2D eigenvalue weighted by Gasteiger charge is 2.12. The van der Waals surface area contributed by atoms with Crippen molar-refractivity contribution in [1.29, 1.82) is 0 Å². The molecule has 0 saturated carbocycles. The predicted octanol–water partition coefficient (Wildman–Crippen LogP) is 1.71. The summed E-state index contributed by atoms with van der Waals surface area (Å²) in [4.78, 5) is 20.4. The highest BCUT2D eigenvalue weighted by molar-refractivity contribution is 14.1. The zero-order valence-electron chi connectivity index (χ0n) is 10.3. The molecule has 2 heterocycles.